The largest absolute Gasteiger partial charge is 0.339 e. The number of piperidine rings is 1. The van der Waals surface area contributed by atoms with Gasteiger partial charge in [0, 0.05) is 26.2 Å². The molecule has 2 aliphatic heterocycles. The molecule has 23 heavy (non-hydrogen) atoms. The van der Waals surface area contributed by atoms with Crippen molar-refractivity contribution in [2.45, 2.75) is 18.4 Å². The SMILES string of the molecule is CN1C(=O)NC2(CCN(C(=O)C=Cc3ccccc3)CC2)C1=O. The van der Waals surface area contributed by atoms with Gasteiger partial charge in [-0.25, -0.2) is 4.79 Å². The zero-order valence-corrected chi connectivity index (χ0v) is 13.0. The first-order valence-corrected chi connectivity index (χ1v) is 7.64. The van der Waals surface area contributed by atoms with E-state index in [2.05, 4.69) is 5.32 Å². The Balaban J connectivity index is 1.61. The van der Waals surface area contributed by atoms with Gasteiger partial charge in [-0.05, 0) is 24.5 Å². The van der Waals surface area contributed by atoms with Crippen molar-refractivity contribution in [1.82, 2.24) is 15.1 Å². The van der Waals surface area contributed by atoms with Crippen LogP contribution in [0.3, 0.4) is 0 Å². The normalized spacial score (nSPS) is 20.4. The Morgan fingerprint density at radius 2 is 1.83 bits per heavy atom. The molecule has 2 heterocycles. The lowest BCUT2D eigenvalue weighted by atomic mass is 9.87. The summed E-state index contributed by atoms with van der Waals surface area (Å²) in [7, 11) is 1.48. The number of rotatable bonds is 2. The van der Waals surface area contributed by atoms with E-state index >= 15 is 0 Å². The van der Waals surface area contributed by atoms with E-state index < -0.39 is 5.54 Å². The molecule has 0 atom stereocenters. The highest BCUT2D eigenvalue weighted by molar-refractivity contribution is 6.07. The molecule has 0 aliphatic carbocycles. The Bertz CT molecular complexity index is 661. The van der Waals surface area contributed by atoms with Gasteiger partial charge in [-0.1, -0.05) is 30.3 Å². The number of likely N-dealkylation sites (tertiary alicyclic amines) is 1. The van der Waals surface area contributed by atoms with Crippen molar-refractivity contribution in [2.75, 3.05) is 20.1 Å². The van der Waals surface area contributed by atoms with Crippen molar-refractivity contribution >= 4 is 23.9 Å². The number of amides is 4. The van der Waals surface area contributed by atoms with E-state index in [0.717, 1.165) is 10.5 Å². The van der Waals surface area contributed by atoms with Crippen LogP contribution in [0.5, 0.6) is 0 Å². The minimum Gasteiger partial charge on any atom is -0.339 e. The van der Waals surface area contributed by atoms with Crippen LogP contribution < -0.4 is 5.32 Å². The summed E-state index contributed by atoms with van der Waals surface area (Å²) in [5.41, 5.74) is 0.139. The van der Waals surface area contributed by atoms with Crippen molar-refractivity contribution in [3.8, 4) is 0 Å². The highest BCUT2D eigenvalue weighted by Crippen LogP contribution is 2.28. The summed E-state index contributed by atoms with van der Waals surface area (Å²) in [5.74, 6) is -0.275. The van der Waals surface area contributed by atoms with E-state index in [0.29, 0.717) is 25.9 Å². The summed E-state index contributed by atoms with van der Waals surface area (Å²) in [5, 5.41) is 2.77. The Kier molecular flexibility index (Phi) is 3.90. The second-order valence-electron chi connectivity index (χ2n) is 5.95. The molecule has 0 aromatic heterocycles. The third kappa shape index (κ3) is 2.84. The zero-order valence-electron chi connectivity index (χ0n) is 13.0. The maximum atomic E-state index is 12.2. The molecule has 0 saturated carbocycles. The maximum Gasteiger partial charge on any atom is 0.324 e. The molecule has 3 rings (SSSR count). The highest BCUT2D eigenvalue weighted by atomic mass is 16.2. The van der Waals surface area contributed by atoms with Gasteiger partial charge in [-0.15, -0.1) is 0 Å². The Labute approximate surface area is 134 Å². The molecule has 0 unspecified atom stereocenters. The molecule has 2 saturated heterocycles. The van der Waals surface area contributed by atoms with E-state index in [-0.39, 0.29) is 17.8 Å². The van der Waals surface area contributed by atoms with Crippen LogP contribution in [0.25, 0.3) is 6.08 Å². The third-order valence-corrected chi connectivity index (χ3v) is 4.51. The van der Waals surface area contributed by atoms with Crippen LogP contribution >= 0.6 is 0 Å². The standard InChI is InChI=1S/C17H19N3O3/c1-19-15(22)17(18-16(19)23)9-11-20(12-10-17)14(21)8-7-13-5-3-2-4-6-13/h2-8H,9-12H2,1H3,(H,18,23). The number of carbonyl (C=O) groups excluding carboxylic acids is 3. The first-order valence-electron chi connectivity index (χ1n) is 7.64. The molecule has 1 aromatic carbocycles. The van der Waals surface area contributed by atoms with E-state index in [4.69, 9.17) is 0 Å². The molecule has 0 bridgehead atoms. The number of nitrogens with one attached hydrogen (secondary N) is 1. The summed E-state index contributed by atoms with van der Waals surface area (Å²) < 4.78 is 0. The topological polar surface area (TPSA) is 69.7 Å². The first-order chi connectivity index (χ1) is 11.0. The van der Waals surface area contributed by atoms with Crippen LogP contribution in [-0.2, 0) is 9.59 Å². The fourth-order valence-corrected chi connectivity index (χ4v) is 3.04. The fraction of sp³-hybridized carbons (Fsp3) is 0.353. The van der Waals surface area contributed by atoms with Crippen molar-refractivity contribution in [1.29, 1.82) is 0 Å². The number of urea groups is 1. The van der Waals surface area contributed by atoms with Crippen LogP contribution in [-0.4, -0.2) is 53.3 Å². The van der Waals surface area contributed by atoms with Crippen LogP contribution in [0.4, 0.5) is 4.79 Å². The van der Waals surface area contributed by atoms with Crippen LogP contribution in [0.2, 0.25) is 0 Å². The fourth-order valence-electron chi connectivity index (χ4n) is 3.04. The Morgan fingerprint density at radius 3 is 2.39 bits per heavy atom. The summed E-state index contributed by atoms with van der Waals surface area (Å²) in [6.45, 7) is 0.912. The van der Waals surface area contributed by atoms with Crippen molar-refractivity contribution in [3.05, 3.63) is 42.0 Å². The molecule has 6 heteroatoms. The number of hydrogen-bond acceptors (Lipinski definition) is 3. The van der Waals surface area contributed by atoms with Gasteiger partial charge in [0.05, 0.1) is 0 Å². The van der Waals surface area contributed by atoms with Gasteiger partial charge >= 0.3 is 6.03 Å². The molecule has 2 aliphatic rings. The summed E-state index contributed by atoms with van der Waals surface area (Å²) in [4.78, 5) is 38.9. The smallest absolute Gasteiger partial charge is 0.324 e. The predicted octanol–water partition coefficient (Wildman–Crippen LogP) is 1.24. The maximum absolute atomic E-state index is 12.2. The molecule has 120 valence electrons. The van der Waals surface area contributed by atoms with Crippen molar-refractivity contribution in [2.24, 2.45) is 0 Å². The lowest BCUT2D eigenvalue weighted by Crippen LogP contribution is -2.55. The van der Waals surface area contributed by atoms with Crippen molar-refractivity contribution in [3.63, 3.8) is 0 Å². The number of nitrogens with zero attached hydrogens (tertiary/aromatic N) is 2. The lowest BCUT2D eigenvalue weighted by Gasteiger charge is -2.36. The number of likely N-dealkylation sites (N-methyl/N-ethyl adjacent to an activating group) is 1. The van der Waals surface area contributed by atoms with Gasteiger partial charge in [0.25, 0.3) is 5.91 Å². The molecule has 1 aromatic rings. The number of carbonyl (C=O) groups is 3. The highest BCUT2D eigenvalue weighted by Gasteiger charge is 2.51. The average molecular weight is 313 g/mol. The molecule has 2 fully saturated rings. The van der Waals surface area contributed by atoms with E-state index in [9.17, 15) is 14.4 Å². The van der Waals surface area contributed by atoms with E-state index in [1.165, 1.54) is 7.05 Å². The molecule has 0 radical (unpaired) electrons. The van der Waals surface area contributed by atoms with Crippen LogP contribution in [0.1, 0.15) is 18.4 Å². The van der Waals surface area contributed by atoms with E-state index in [1.807, 2.05) is 30.3 Å². The monoisotopic (exact) mass is 313 g/mol. The lowest BCUT2D eigenvalue weighted by molar-refractivity contribution is -0.135. The van der Waals surface area contributed by atoms with Crippen LogP contribution in [0.15, 0.2) is 36.4 Å². The first kappa shape index (κ1) is 15.3. The minimum atomic E-state index is -0.828. The number of hydrogen-bond donors (Lipinski definition) is 1. The summed E-state index contributed by atoms with van der Waals surface area (Å²) >= 11 is 0. The molecular formula is C17H19N3O3. The summed E-state index contributed by atoms with van der Waals surface area (Å²) in [6.07, 6.45) is 4.23. The third-order valence-electron chi connectivity index (χ3n) is 4.51. The van der Waals surface area contributed by atoms with Gasteiger partial charge in [-0.2, -0.15) is 0 Å². The van der Waals surface area contributed by atoms with Crippen molar-refractivity contribution < 1.29 is 14.4 Å². The second kappa shape index (κ2) is 5.87. The Morgan fingerprint density at radius 1 is 1.17 bits per heavy atom. The average Bonchev–Trinajstić information content (AvgIpc) is 2.78. The molecule has 1 spiro atoms. The predicted molar refractivity (Wildman–Crippen MR) is 85.3 cm³/mol. The van der Waals surface area contributed by atoms with Gasteiger partial charge < -0.3 is 10.2 Å². The Hall–Kier alpha value is -2.63. The minimum absolute atomic E-state index is 0.0752. The van der Waals surface area contributed by atoms with E-state index in [1.54, 1.807) is 17.1 Å². The zero-order chi connectivity index (χ0) is 16.4. The van der Waals surface area contributed by atoms with Gasteiger partial charge in [0.15, 0.2) is 0 Å². The van der Waals surface area contributed by atoms with Gasteiger partial charge in [0.2, 0.25) is 5.91 Å². The number of imide groups is 1. The summed E-state index contributed by atoms with van der Waals surface area (Å²) in [6, 6.07) is 9.25. The molecular weight excluding hydrogens is 294 g/mol. The van der Waals surface area contributed by atoms with Crippen LogP contribution in [0, 0.1) is 0 Å². The molecule has 4 amide bonds. The quantitative estimate of drug-likeness (QED) is 0.660. The molecule has 6 nitrogen and oxygen atoms in total. The second-order valence-corrected chi connectivity index (χ2v) is 5.95. The molecule has 1 N–H and O–H groups in total. The van der Waals surface area contributed by atoms with Gasteiger partial charge in [0.1, 0.15) is 5.54 Å². The van der Waals surface area contributed by atoms with Gasteiger partial charge in [-0.3, -0.25) is 14.5 Å². The number of benzene rings is 1.